The molecular formula is C21H25N5O. The third-order valence-electron chi connectivity index (χ3n) is 4.30. The number of methoxy groups -OCH3 is 1. The van der Waals surface area contributed by atoms with Crippen LogP contribution in [0.4, 0.5) is 0 Å². The fourth-order valence-corrected chi connectivity index (χ4v) is 2.87. The van der Waals surface area contributed by atoms with E-state index in [0.29, 0.717) is 13.1 Å². The second-order valence-corrected chi connectivity index (χ2v) is 6.17. The summed E-state index contributed by atoms with van der Waals surface area (Å²) in [6, 6.07) is 16.3. The number of rotatable bonds is 6. The van der Waals surface area contributed by atoms with Gasteiger partial charge in [0, 0.05) is 38.1 Å². The molecule has 0 unspecified atom stereocenters. The summed E-state index contributed by atoms with van der Waals surface area (Å²) in [7, 11) is 3.46. The van der Waals surface area contributed by atoms with Gasteiger partial charge in [-0.15, -0.1) is 0 Å². The number of ether oxygens (including phenoxy) is 1. The Labute approximate surface area is 159 Å². The van der Waals surface area contributed by atoms with E-state index in [9.17, 15) is 0 Å². The van der Waals surface area contributed by atoms with Gasteiger partial charge in [-0.1, -0.05) is 30.3 Å². The molecule has 0 amide bonds. The van der Waals surface area contributed by atoms with Gasteiger partial charge in [-0.3, -0.25) is 4.99 Å². The molecule has 2 aromatic carbocycles. The smallest absolute Gasteiger partial charge is 0.191 e. The molecule has 3 aromatic rings. The number of nitrogens with zero attached hydrogens (tertiary/aromatic N) is 3. The highest BCUT2D eigenvalue weighted by molar-refractivity contribution is 5.79. The van der Waals surface area contributed by atoms with E-state index in [1.54, 1.807) is 20.4 Å². The number of hydrogen-bond acceptors (Lipinski definition) is 3. The lowest BCUT2D eigenvalue weighted by atomic mass is 10.1. The van der Waals surface area contributed by atoms with Crippen molar-refractivity contribution in [3.63, 3.8) is 0 Å². The molecule has 6 heteroatoms. The van der Waals surface area contributed by atoms with Crippen LogP contribution < -0.4 is 15.4 Å². The van der Waals surface area contributed by atoms with Gasteiger partial charge in [0.1, 0.15) is 5.75 Å². The predicted molar refractivity (Wildman–Crippen MR) is 108 cm³/mol. The number of aromatic nitrogens is 2. The highest BCUT2D eigenvalue weighted by Crippen LogP contribution is 2.19. The van der Waals surface area contributed by atoms with Crippen molar-refractivity contribution in [2.24, 2.45) is 4.99 Å². The van der Waals surface area contributed by atoms with Gasteiger partial charge in [0.15, 0.2) is 5.96 Å². The monoisotopic (exact) mass is 363 g/mol. The zero-order valence-corrected chi connectivity index (χ0v) is 15.9. The Morgan fingerprint density at radius 3 is 2.56 bits per heavy atom. The second-order valence-electron chi connectivity index (χ2n) is 6.17. The van der Waals surface area contributed by atoms with Crippen LogP contribution in [0.25, 0.3) is 5.69 Å². The van der Waals surface area contributed by atoms with Gasteiger partial charge in [-0.05, 0) is 36.2 Å². The van der Waals surface area contributed by atoms with Crippen molar-refractivity contribution in [2.75, 3.05) is 14.2 Å². The summed E-state index contributed by atoms with van der Waals surface area (Å²) in [5.74, 6) is 1.61. The average molecular weight is 363 g/mol. The number of hydrogen-bond donors (Lipinski definition) is 2. The van der Waals surface area contributed by atoms with Crippen LogP contribution in [-0.2, 0) is 13.1 Å². The molecule has 0 bridgehead atoms. The van der Waals surface area contributed by atoms with E-state index in [-0.39, 0.29) is 0 Å². The number of nitrogens with one attached hydrogen (secondary N) is 2. The van der Waals surface area contributed by atoms with Gasteiger partial charge >= 0.3 is 0 Å². The molecule has 0 saturated heterocycles. The first-order chi connectivity index (χ1) is 13.2. The van der Waals surface area contributed by atoms with Crippen molar-refractivity contribution in [1.82, 2.24) is 20.4 Å². The van der Waals surface area contributed by atoms with Crippen molar-refractivity contribution in [3.8, 4) is 11.4 Å². The summed E-state index contributed by atoms with van der Waals surface area (Å²) >= 11 is 0. The van der Waals surface area contributed by atoms with E-state index < -0.39 is 0 Å². The Morgan fingerprint density at radius 2 is 1.85 bits per heavy atom. The molecule has 140 valence electrons. The lowest BCUT2D eigenvalue weighted by Crippen LogP contribution is -2.36. The first-order valence-corrected chi connectivity index (χ1v) is 8.87. The summed E-state index contributed by atoms with van der Waals surface area (Å²) in [4.78, 5) is 4.31. The van der Waals surface area contributed by atoms with Gasteiger partial charge in [-0.25, -0.2) is 4.68 Å². The van der Waals surface area contributed by atoms with E-state index in [1.165, 1.54) is 5.56 Å². The van der Waals surface area contributed by atoms with Crippen molar-refractivity contribution in [2.45, 2.75) is 20.0 Å². The van der Waals surface area contributed by atoms with Crippen LogP contribution in [-0.4, -0.2) is 29.9 Å². The maximum Gasteiger partial charge on any atom is 0.191 e. The van der Waals surface area contributed by atoms with Crippen molar-refractivity contribution in [3.05, 3.63) is 77.6 Å². The Bertz CT molecular complexity index is 903. The van der Waals surface area contributed by atoms with Crippen LogP contribution in [0.3, 0.4) is 0 Å². The van der Waals surface area contributed by atoms with Crippen LogP contribution in [0.1, 0.15) is 16.7 Å². The molecule has 1 heterocycles. The molecule has 0 radical (unpaired) electrons. The van der Waals surface area contributed by atoms with Crippen LogP contribution in [0, 0.1) is 6.92 Å². The maximum absolute atomic E-state index is 5.47. The number of aryl methyl sites for hydroxylation is 1. The first-order valence-electron chi connectivity index (χ1n) is 8.87. The Kier molecular flexibility index (Phi) is 6.10. The molecule has 6 nitrogen and oxygen atoms in total. The zero-order chi connectivity index (χ0) is 19.1. The van der Waals surface area contributed by atoms with E-state index in [2.05, 4.69) is 51.9 Å². The zero-order valence-electron chi connectivity index (χ0n) is 15.9. The van der Waals surface area contributed by atoms with Gasteiger partial charge in [0.25, 0.3) is 0 Å². The Hall–Kier alpha value is -3.28. The minimum Gasteiger partial charge on any atom is -0.496 e. The van der Waals surface area contributed by atoms with E-state index >= 15 is 0 Å². The van der Waals surface area contributed by atoms with Crippen molar-refractivity contribution < 1.29 is 4.74 Å². The predicted octanol–water partition coefficient (Wildman–Crippen LogP) is 3.05. The fourth-order valence-electron chi connectivity index (χ4n) is 2.87. The molecule has 0 atom stereocenters. The lowest BCUT2D eigenvalue weighted by molar-refractivity contribution is 0.408. The second kappa shape index (κ2) is 8.89. The quantitative estimate of drug-likeness (QED) is 0.522. The molecule has 0 aliphatic heterocycles. The summed E-state index contributed by atoms with van der Waals surface area (Å²) in [6.45, 7) is 3.32. The molecule has 3 rings (SSSR count). The highest BCUT2D eigenvalue weighted by Gasteiger charge is 2.07. The highest BCUT2D eigenvalue weighted by atomic mass is 16.5. The normalized spacial score (nSPS) is 11.3. The number of para-hydroxylation sites is 1. The summed E-state index contributed by atoms with van der Waals surface area (Å²) in [6.07, 6.45) is 3.72. The molecule has 27 heavy (non-hydrogen) atoms. The van der Waals surface area contributed by atoms with E-state index in [0.717, 1.165) is 28.5 Å². The molecule has 0 spiro atoms. The average Bonchev–Trinajstić information content (AvgIpc) is 3.23. The van der Waals surface area contributed by atoms with E-state index in [4.69, 9.17) is 4.74 Å². The van der Waals surface area contributed by atoms with Crippen LogP contribution in [0.15, 0.2) is 65.9 Å². The van der Waals surface area contributed by atoms with Crippen LogP contribution in [0.2, 0.25) is 0 Å². The Morgan fingerprint density at radius 1 is 1.07 bits per heavy atom. The SMILES string of the molecule is CN=C(NCc1ccc(C)cc1OC)NCc1ccccc1-n1cccn1. The van der Waals surface area contributed by atoms with Crippen LogP contribution >= 0.6 is 0 Å². The molecule has 1 aromatic heterocycles. The van der Waals surface area contributed by atoms with Gasteiger partial charge in [0.05, 0.1) is 12.8 Å². The fraction of sp³-hybridized carbons (Fsp3) is 0.238. The molecule has 0 fully saturated rings. The largest absolute Gasteiger partial charge is 0.496 e. The molecule has 0 aliphatic rings. The Balaban J connectivity index is 1.64. The third-order valence-corrected chi connectivity index (χ3v) is 4.30. The van der Waals surface area contributed by atoms with Gasteiger partial charge < -0.3 is 15.4 Å². The summed E-state index contributed by atoms with van der Waals surface area (Å²) in [5, 5.41) is 11.0. The number of aliphatic imine (C=N–C) groups is 1. The van der Waals surface area contributed by atoms with Gasteiger partial charge in [0.2, 0.25) is 0 Å². The third kappa shape index (κ3) is 4.67. The van der Waals surface area contributed by atoms with Crippen LogP contribution in [0.5, 0.6) is 5.75 Å². The van der Waals surface area contributed by atoms with E-state index in [1.807, 2.05) is 35.1 Å². The molecule has 0 aliphatic carbocycles. The summed E-state index contributed by atoms with van der Waals surface area (Å²) < 4.78 is 7.33. The standard InChI is InChI=1S/C21H25N5O/c1-16-9-10-18(20(13-16)27-3)15-24-21(22-2)23-14-17-7-4-5-8-19(17)26-12-6-11-25-26/h4-13H,14-15H2,1-3H3,(H2,22,23,24). The lowest BCUT2D eigenvalue weighted by Gasteiger charge is -2.15. The molecule has 0 saturated carbocycles. The maximum atomic E-state index is 5.47. The minimum atomic E-state index is 0.629. The molecular weight excluding hydrogens is 338 g/mol. The summed E-state index contributed by atoms with van der Waals surface area (Å²) in [5.41, 5.74) is 4.44. The topological polar surface area (TPSA) is 63.5 Å². The minimum absolute atomic E-state index is 0.629. The van der Waals surface area contributed by atoms with Gasteiger partial charge in [-0.2, -0.15) is 5.10 Å². The first kappa shape index (κ1) is 18.5. The number of guanidine groups is 1. The number of benzene rings is 2. The molecule has 2 N–H and O–H groups in total. The van der Waals surface area contributed by atoms with Crippen molar-refractivity contribution >= 4 is 5.96 Å². The van der Waals surface area contributed by atoms with Crippen molar-refractivity contribution in [1.29, 1.82) is 0 Å².